The summed E-state index contributed by atoms with van der Waals surface area (Å²) in [5, 5.41) is 5.71. The molecule has 8 heteroatoms. The van der Waals surface area contributed by atoms with Crippen LogP contribution in [-0.4, -0.2) is 15.9 Å². The monoisotopic (exact) mass is 339 g/mol. The number of nitrogens with zero attached hydrogens (tertiary/aromatic N) is 2. The molecule has 2 aromatic heterocycles. The average molecular weight is 340 g/mol. The number of rotatable bonds is 3. The van der Waals surface area contributed by atoms with E-state index in [1.54, 1.807) is 29.8 Å². The smallest absolute Gasteiger partial charge is 0.279 e. The molecule has 2 heterocycles. The summed E-state index contributed by atoms with van der Waals surface area (Å²) in [5.74, 6) is -0.0992. The fourth-order valence-electron chi connectivity index (χ4n) is 1.59. The molecular weight excluding hydrogens is 333 g/mol. The Bertz CT molecular complexity index is 787. The van der Waals surface area contributed by atoms with Crippen LogP contribution in [0.1, 0.15) is 10.5 Å². The number of amides is 1. The summed E-state index contributed by atoms with van der Waals surface area (Å²) in [7, 11) is 0. The Balaban J connectivity index is 1.82. The van der Waals surface area contributed by atoms with Gasteiger partial charge in [0.1, 0.15) is 6.26 Å². The van der Waals surface area contributed by atoms with Gasteiger partial charge in [-0.3, -0.25) is 10.1 Å². The van der Waals surface area contributed by atoms with Crippen LogP contribution < -0.4 is 5.32 Å². The number of oxazole rings is 1. The van der Waals surface area contributed by atoms with Gasteiger partial charge in [-0.1, -0.05) is 23.2 Å². The minimum absolute atomic E-state index is 0.159. The number of nitrogens with one attached hydrogen (secondary N) is 1. The van der Waals surface area contributed by atoms with Crippen LogP contribution in [0.2, 0.25) is 10.0 Å². The zero-order valence-corrected chi connectivity index (χ0v) is 12.7. The molecule has 1 aromatic carbocycles. The summed E-state index contributed by atoms with van der Waals surface area (Å²) in [6.45, 7) is 0. The zero-order valence-electron chi connectivity index (χ0n) is 10.3. The van der Waals surface area contributed by atoms with Crippen molar-refractivity contribution in [2.24, 2.45) is 0 Å². The van der Waals surface area contributed by atoms with E-state index in [-0.39, 0.29) is 17.5 Å². The topological polar surface area (TPSA) is 68.0 Å². The lowest BCUT2D eigenvalue weighted by molar-refractivity contribution is 0.102. The van der Waals surface area contributed by atoms with Crippen LogP contribution in [0.4, 0.5) is 5.13 Å². The molecule has 0 unspecified atom stereocenters. The van der Waals surface area contributed by atoms with E-state index in [4.69, 9.17) is 27.6 Å². The molecule has 0 aliphatic rings. The molecule has 0 aliphatic heterocycles. The third-order valence-corrected chi connectivity index (χ3v) is 3.98. The highest BCUT2D eigenvalue weighted by atomic mass is 35.5. The second kappa shape index (κ2) is 5.85. The SMILES string of the molecule is O=C(Nc1nccs1)c1coc(-c2ccc(Cl)c(Cl)c2)n1. The first-order valence-electron chi connectivity index (χ1n) is 5.75. The molecule has 0 radical (unpaired) electrons. The van der Waals surface area contributed by atoms with Gasteiger partial charge in [0, 0.05) is 17.1 Å². The van der Waals surface area contributed by atoms with Gasteiger partial charge in [-0.25, -0.2) is 9.97 Å². The van der Waals surface area contributed by atoms with Gasteiger partial charge in [0.2, 0.25) is 5.89 Å². The summed E-state index contributed by atoms with van der Waals surface area (Å²) in [5.41, 5.74) is 0.795. The number of benzene rings is 1. The average Bonchev–Trinajstić information content (AvgIpc) is 3.12. The first-order valence-corrected chi connectivity index (χ1v) is 7.39. The van der Waals surface area contributed by atoms with Crippen molar-refractivity contribution < 1.29 is 9.21 Å². The second-order valence-electron chi connectivity index (χ2n) is 3.96. The van der Waals surface area contributed by atoms with Crippen LogP contribution in [0.5, 0.6) is 0 Å². The standard InChI is InChI=1S/C13H7Cl2N3O2S/c14-8-2-1-7(5-9(8)15)12-17-10(6-20-12)11(19)18-13-16-3-4-21-13/h1-6H,(H,16,18,19). The molecule has 106 valence electrons. The fourth-order valence-corrected chi connectivity index (χ4v) is 2.41. The van der Waals surface area contributed by atoms with Gasteiger partial charge in [-0.2, -0.15) is 0 Å². The van der Waals surface area contributed by atoms with Crippen LogP contribution >= 0.6 is 34.5 Å². The number of hydrogen-bond acceptors (Lipinski definition) is 5. The van der Waals surface area contributed by atoms with Gasteiger partial charge in [-0.05, 0) is 18.2 Å². The van der Waals surface area contributed by atoms with Crippen LogP contribution in [0.15, 0.2) is 40.5 Å². The van der Waals surface area contributed by atoms with E-state index in [1.807, 2.05) is 0 Å². The molecule has 0 bridgehead atoms. The molecule has 0 fully saturated rings. The Hall–Kier alpha value is -1.89. The number of carbonyl (C=O) groups is 1. The third kappa shape index (κ3) is 3.07. The Morgan fingerprint density at radius 3 is 2.86 bits per heavy atom. The molecule has 0 atom stereocenters. The van der Waals surface area contributed by atoms with E-state index < -0.39 is 0 Å². The Morgan fingerprint density at radius 2 is 2.14 bits per heavy atom. The van der Waals surface area contributed by atoms with Crippen LogP contribution in [0.3, 0.4) is 0 Å². The van der Waals surface area contributed by atoms with Crippen molar-refractivity contribution in [3.8, 4) is 11.5 Å². The van der Waals surface area contributed by atoms with E-state index in [9.17, 15) is 4.79 Å². The molecule has 3 aromatic rings. The minimum atomic E-state index is -0.389. The third-order valence-electron chi connectivity index (χ3n) is 2.56. The predicted octanol–water partition coefficient (Wildman–Crippen LogP) is 4.36. The van der Waals surface area contributed by atoms with Crippen molar-refractivity contribution in [3.05, 3.63) is 51.8 Å². The number of thiazole rings is 1. The first kappa shape index (κ1) is 14.1. The summed E-state index contributed by atoms with van der Waals surface area (Å²) >= 11 is 13.1. The van der Waals surface area contributed by atoms with E-state index in [2.05, 4.69) is 15.3 Å². The molecule has 1 N–H and O–H groups in total. The van der Waals surface area contributed by atoms with Crippen LogP contribution in [-0.2, 0) is 0 Å². The number of hydrogen-bond donors (Lipinski definition) is 1. The highest BCUT2D eigenvalue weighted by Crippen LogP contribution is 2.28. The van der Waals surface area contributed by atoms with Crippen molar-refractivity contribution in [2.45, 2.75) is 0 Å². The minimum Gasteiger partial charge on any atom is -0.444 e. The van der Waals surface area contributed by atoms with Crippen molar-refractivity contribution in [1.82, 2.24) is 9.97 Å². The summed E-state index contributed by atoms with van der Waals surface area (Å²) in [6.07, 6.45) is 2.88. The molecule has 5 nitrogen and oxygen atoms in total. The summed E-state index contributed by atoms with van der Waals surface area (Å²) in [4.78, 5) is 20.1. The van der Waals surface area contributed by atoms with Crippen molar-refractivity contribution in [1.29, 1.82) is 0 Å². The number of carbonyl (C=O) groups excluding carboxylic acids is 1. The molecule has 21 heavy (non-hydrogen) atoms. The molecule has 0 spiro atoms. The van der Waals surface area contributed by atoms with Crippen molar-refractivity contribution >= 4 is 45.6 Å². The van der Waals surface area contributed by atoms with Gasteiger partial charge in [0.25, 0.3) is 5.91 Å². The van der Waals surface area contributed by atoms with E-state index in [0.717, 1.165) is 0 Å². The highest BCUT2D eigenvalue weighted by Gasteiger charge is 2.15. The summed E-state index contributed by atoms with van der Waals surface area (Å²) in [6, 6.07) is 4.97. The van der Waals surface area contributed by atoms with Crippen LogP contribution in [0.25, 0.3) is 11.5 Å². The lowest BCUT2D eigenvalue weighted by Crippen LogP contribution is -2.11. The maximum Gasteiger partial charge on any atom is 0.279 e. The Morgan fingerprint density at radius 1 is 1.29 bits per heavy atom. The Labute approximate surface area is 133 Å². The zero-order chi connectivity index (χ0) is 14.8. The first-order chi connectivity index (χ1) is 10.1. The van der Waals surface area contributed by atoms with Crippen molar-refractivity contribution in [3.63, 3.8) is 0 Å². The summed E-state index contributed by atoms with van der Waals surface area (Å²) < 4.78 is 5.30. The van der Waals surface area contributed by atoms with Crippen LogP contribution in [0, 0.1) is 0 Å². The van der Waals surface area contributed by atoms with E-state index in [1.165, 1.54) is 17.6 Å². The molecule has 0 saturated carbocycles. The molecule has 0 aliphatic carbocycles. The van der Waals surface area contributed by atoms with Gasteiger partial charge in [0.05, 0.1) is 10.0 Å². The van der Waals surface area contributed by atoms with E-state index >= 15 is 0 Å². The quantitative estimate of drug-likeness (QED) is 0.769. The fraction of sp³-hybridized carbons (Fsp3) is 0. The maximum atomic E-state index is 12.0. The Kier molecular flexibility index (Phi) is 3.92. The van der Waals surface area contributed by atoms with Gasteiger partial charge in [-0.15, -0.1) is 11.3 Å². The lowest BCUT2D eigenvalue weighted by Gasteiger charge is -1.98. The lowest BCUT2D eigenvalue weighted by atomic mass is 10.2. The molecule has 0 saturated heterocycles. The number of anilines is 1. The van der Waals surface area contributed by atoms with Gasteiger partial charge >= 0.3 is 0 Å². The molecule has 3 rings (SSSR count). The van der Waals surface area contributed by atoms with E-state index in [0.29, 0.717) is 20.7 Å². The van der Waals surface area contributed by atoms with Gasteiger partial charge in [0.15, 0.2) is 10.8 Å². The molecular formula is C13H7Cl2N3O2S. The number of aromatic nitrogens is 2. The number of halogens is 2. The van der Waals surface area contributed by atoms with Gasteiger partial charge < -0.3 is 4.42 Å². The van der Waals surface area contributed by atoms with Crippen molar-refractivity contribution in [2.75, 3.05) is 5.32 Å². The highest BCUT2D eigenvalue weighted by molar-refractivity contribution is 7.13. The largest absolute Gasteiger partial charge is 0.444 e. The normalized spacial score (nSPS) is 10.6. The second-order valence-corrected chi connectivity index (χ2v) is 5.67. The molecule has 1 amide bonds. The maximum absolute atomic E-state index is 12.0. The predicted molar refractivity (Wildman–Crippen MR) is 82.0 cm³/mol.